The summed E-state index contributed by atoms with van der Waals surface area (Å²) in [6.07, 6.45) is -0.965. The summed E-state index contributed by atoms with van der Waals surface area (Å²) >= 11 is 0. The third kappa shape index (κ3) is 2.78. The van der Waals surface area contributed by atoms with Crippen molar-refractivity contribution in [3.63, 3.8) is 0 Å². The monoisotopic (exact) mass is 206 g/mol. The normalized spacial score (nSPS) is 13.4. The van der Waals surface area contributed by atoms with E-state index < -0.39 is 37.5 Å². The summed E-state index contributed by atoms with van der Waals surface area (Å²) in [4.78, 5) is 10.7. The summed E-state index contributed by atoms with van der Waals surface area (Å²) < 4.78 is 4.36. The lowest BCUT2D eigenvalue weighted by Gasteiger charge is -2.31. The van der Waals surface area contributed by atoms with E-state index in [1.165, 1.54) is 0 Å². The fourth-order valence-corrected chi connectivity index (χ4v) is 0.667. The molecule has 0 spiro atoms. The molecule has 0 saturated carbocycles. The van der Waals surface area contributed by atoms with Crippen LogP contribution < -0.4 is 0 Å². The maximum absolute atomic E-state index is 10.7. The van der Waals surface area contributed by atoms with Gasteiger partial charge in [0, 0.05) is 6.08 Å². The molecule has 82 valence electrons. The quantitative estimate of drug-likeness (QED) is 0.227. The highest BCUT2D eigenvalue weighted by Crippen LogP contribution is 2.21. The highest BCUT2D eigenvalue weighted by Gasteiger charge is 2.39. The first-order valence-corrected chi connectivity index (χ1v) is 3.90. The Hall–Kier alpha value is -0.950. The van der Waals surface area contributed by atoms with E-state index in [4.69, 9.17) is 15.3 Å². The highest BCUT2D eigenvalue weighted by atomic mass is 16.6. The molecule has 0 aliphatic carbocycles. The third-order valence-corrected chi connectivity index (χ3v) is 1.86. The Kier molecular flexibility index (Phi) is 5.32. The molecular formula is C8H14O6. The van der Waals surface area contributed by atoms with E-state index in [2.05, 4.69) is 11.3 Å². The van der Waals surface area contributed by atoms with Crippen molar-refractivity contribution in [3.05, 3.63) is 12.7 Å². The number of esters is 1. The molecule has 0 aromatic carbocycles. The van der Waals surface area contributed by atoms with Gasteiger partial charge in [-0.15, -0.1) is 0 Å². The fourth-order valence-electron chi connectivity index (χ4n) is 0.667. The van der Waals surface area contributed by atoms with Crippen molar-refractivity contribution < 1.29 is 30.0 Å². The van der Waals surface area contributed by atoms with Gasteiger partial charge in [0.15, 0.2) is 0 Å². The van der Waals surface area contributed by atoms with Gasteiger partial charge in [0.2, 0.25) is 6.29 Å². The van der Waals surface area contributed by atoms with Crippen molar-refractivity contribution in [2.45, 2.75) is 6.29 Å². The molecule has 0 aromatic heterocycles. The molecule has 0 amide bonds. The van der Waals surface area contributed by atoms with E-state index >= 15 is 0 Å². The average Bonchev–Trinajstić information content (AvgIpc) is 2.21. The van der Waals surface area contributed by atoms with Gasteiger partial charge in [0.25, 0.3) is 0 Å². The lowest BCUT2D eigenvalue weighted by atomic mass is 9.90. The van der Waals surface area contributed by atoms with Crippen LogP contribution in [-0.2, 0) is 9.53 Å². The maximum atomic E-state index is 10.7. The minimum atomic E-state index is -1.78. The summed E-state index contributed by atoms with van der Waals surface area (Å²) in [7, 11) is 0. The van der Waals surface area contributed by atoms with Crippen LogP contribution in [-0.4, -0.2) is 52.5 Å². The van der Waals surface area contributed by atoms with Gasteiger partial charge in [-0.2, -0.15) is 0 Å². The number of ether oxygens (including phenoxy) is 1. The van der Waals surface area contributed by atoms with Crippen molar-refractivity contribution in [3.8, 4) is 0 Å². The Morgan fingerprint density at radius 1 is 1.36 bits per heavy atom. The third-order valence-electron chi connectivity index (χ3n) is 1.86. The van der Waals surface area contributed by atoms with Crippen LogP contribution in [0.25, 0.3) is 0 Å². The molecule has 0 aliphatic rings. The van der Waals surface area contributed by atoms with Crippen molar-refractivity contribution in [1.29, 1.82) is 0 Å². The van der Waals surface area contributed by atoms with Gasteiger partial charge in [0.05, 0.1) is 19.8 Å². The molecule has 1 atom stereocenters. The van der Waals surface area contributed by atoms with Crippen LogP contribution in [0.15, 0.2) is 12.7 Å². The number of aliphatic hydroxyl groups excluding tert-OH is 4. The SMILES string of the molecule is C=CC(=O)OC(O)C(CO)(CO)CO. The van der Waals surface area contributed by atoms with E-state index in [0.717, 1.165) is 6.08 Å². The van der Waals surface area contributed by atoms with Crippen molar-refractivity contribution >= 4 is 5.97 Å². The molecular weight excluding hydrogens is 192 g/mol. The van der Waals surface area contributed by atoms with E-state index in [-0.39, 0.29) is 0 Å². The molecule has 6 heteroatoms. The van der Waals surface area contributed by atoms with E-state index in [1.807, 2.05) is 0 Å². The maximum Gasteiger partial charge on any atom is 0.332 e. The Balaban J connectivity index is 4.50. The van der Waals surface area contributed by atoms with Gasteiger partial charge in [-0.25, -0.2) is 4.79 Å². The molecule has 0 fully saturated rings. The predicted octanol–water partition coefficient (Wildman–Crippen LogP) is -2.00. The average molecular weight is 206 g/mol. The number of rotatable bonds is 6. The lowest BCUT2D eigenvalue weighted by Crippen LogP contribution is -2.47. The number of aliphatic hydroxyl groups is 4. The summed E-state index contributed by atoms with van der Waals surface area (Å²) in [5.74, 6) is -0.905. The standard InChI is InChI=1S/C8H14O6/c1-2-6(12)14-7(13)8(3-9,4-10)5-11/h2,7,9-11,13H,1,3-5H2. The Bertz CT molecular complexity index is 190. The van der Waals surface area contributed by atoms with Gasteiger partial charge >= 0.3 is 5.97 Å². The topological polar surface area (TPSA) is 107 Å². The fraction of sp³-hybridized carbons (Fsp3) is 0.625. The van der Waals surface area contributed by atoms with Crippen LogP contribution in [0.3, 0.4) is 0 Å². The van der Waals surface area contributed by atoms with Crippen LogP contribution in [0.5, 0.6) is 0 Å². The minimum absolute atomic E-state index is 0.717. The molecule has 14 heavy (non-hydrogen) atoms. The molecule has 0 aromatic rings. The predicted molar refractivity (Wildman–Crippen MR) is 46.0 cm³/mol. The Morgan fingerprint density at radius 2 is 1.79 bits per heavy atom. The summed E-state index contributed by atoms with van der Waals surface area (Å²) in [5, 5.41) is 35.8. The molecule has 0 heterocycles. The molecule has 0 bridgehead atoms. The second-order valence-corrected chi connectivity index (χ2v) is 2.83. The van der Waals surface area contributed by atoms with Crippen LogP contribution in [0, 0.1) is 5.41 Å². The zero-order chi connectivity index (χ0) is 11.2. The zero-order valence-electron chi connectivity index (χ0n) is 7.59. The molecule has 1 unspecified atom stereocenters. The summed E-state index contributed by atoms with van der Waals surface area (Å²) in [5.41, 5.74) is -1.65. The summed E-state index contributed by atoms with van der Waals surface area (Å²) in [6, 6.07) is 0. The van der Waals surface area contributed by atoms with Gasteiger partial charge < -0.3 is 25.2 Å². The molecule has 0 saturated heterocycles. The van der Waals surface area contributed by atoms with E-state index in [1.54, 1.807) is 0 Å². The minimum Gasteiger partial charge on any atom is -0.432 e. The Labute approximate surface area is 81.1 Å². The highest BCUT2D eigenvalue weighted by molar-refractivity contribution is 5.81. The first-order valence-electron chi connectivity index (χ1n) is 3.90. The van der Waals surface area contributed by atoms with Crippen molar-refractivity contribution in [2.24, 2.45) is 5.41 Å². The van der Waals surface area contributed by atoms with Crippen molar-refractivity contribution in [1.82, 2.24) is 0 Å². The van der Waals surface area contributed by atoms with Gasteiger partial charge in [-0.3, -0.25) is 0 Å². The first-order chi connectivity index (χ1) is 6.56. The van der Waals surface area contributed by atoms with Gasteiger partial charge in [0.1, 0.15) is 5.41 Å². The van der Waals surface area contributed by atoms with Gasteiger partial charge in [-0.05, 0) is 0 Å². The van der Waals surface area contributed by atoms with E-state index in [9.17, 15) is 9.90 Å². The number of hydrogen-bond donors (Lipinski definition) is 4. The molecule has 0 radical (unpaired) electrons. The van der Waals surface area contributed by atoms with Crippen LogP contribution in [0.1, 0.15) is 0 Å². The lowest BCUT2D eigenvalue weighted by molar-refractivity contribution is -0.210. The summed E-state index contributed by atoms with van der Waals surface area (Å²) in [6.45, 7) is 0.950. The second kappa shape index (κ2) is 5.71. The van der Waals surface area contributed by atoms with E-state index in [0.29, 0.717) is 0 Å². The largest absolute Gasteiger partial charge is 0.432 e. The smallest absolute Gasteiger partial charge is 0.332 e. The van der Waals surface area contributed by atoms with Crippen LogP contribution in [0.2, 0.25) is 0 Å². The van der Waals surface area contributed by atoms with Crippen molar-refractivity contribution in [2.75, 3.05) is 19.8 Å². The molecule has 0 aliphatic heterocycles. The second-order valence-electron chi connectivity index (χ2n) is 2.83. The molecule has 6 nitrogen and oxygen atoms in total. The van der Waals surface area contributed by atoms with Crippen LogP contribution >= 0.6 is 0 Å². The molecule has 0 rings (SSSR count). The number of carbonyl (C=O) groups is 1. The van der Waals surface area contributed by atoms with Crippen LogP contribution in [0.4, 0.5) is 0 Å². The first kappa shape index (κ1) is 13.1. The number of carbonyl (C=O) groups excluding carboxylic acids is 1. The Morgan fingerprint density at radius 3 is 2.07 bits per heavy atom. The van der Waals surface area contributed by atoms with Gasteiger partial charge in [-0.1, -0.05) is 6.58 Å². The molecule has 4 N–H and O–H groups in total. The zero-order valence-corrected chi connectivity index (χ0v) is 7.59. The number of hydrogen-bond acceptors (Lipinski definition) is 6.